The predicted molar refractivity (Wildman–Crippen MR) is 151 cm³/mol. The SMILES string of the molecule is C[C@@H]1C/C=C/CC/C=C\CCCCCCCCCCCC[C@H](OP(=O)(O)OCC[N+](C)(C)C)CC(=O)O1. The van der Waals surface area contributed by atoms with Crippen LogP contribution < -0.4 is 0 Å². The number of hydrogen-bond donors (Lipinski definition) is 1. The van der Waals surface area contributed by atoms with E-state index in [9.17, 15) is 14.3 Å². The monoisotopic (exact) mass is 544 g/mol. The van der Waals surface area contributed by atoms with Gasteiger partial charge in [-0.2, -0.15) is 0 Å². The van der Waals surface area contributed by atoms with Gasteiger partial charge >= 0.3 is 13.8 Å². The Morgan fingerprint density at radius 3 is 2.05 bits per heavy atom. The molecule has 1 N–H and O–H groups in total. The van der Waals surface area contributed by atoms with E-state index >= 15 is 0 Å². The number of ether oxygens (including phenoxy) is 1. The summed E-state index contributed by atoms with van der Waals surface area (Å²) in [6.07, 6.45) is 24.0. The number of quaternary nitrogens is 1. The second kappa shape index (κ2) is 20.0. The van der Waals surface area contributed by atoms with Gasteiger partial charge in [0.15, 0.2) is 0 Å². The molecule has 0 aromatic carbocycles. The summed E-state index contributed by atoms with van der Waals surface area (Å²) >= 11 is 0. The summed E-state index contributed by atoms with van der Waals surface area (Å²) in [5, 5.41) is 0. The molecule has 0 aromatic heterocycles. The van der Waals surface area contributed by atoms with Crippen molar-refractivity contribution in [2.45, 2.75) is 122 Å². The van der Waals surface area contributed by atoms with Crippen LogP contribution in [0.15, 0.2) is 24.3 Å². The van der Waals surface area contributed by atoms with Crippen LogP contribution in [0.25, 0.3) is 0 Å². The first kappa shape index (κ1) is 34.0. The van der Waals surface area contributed by atoms with Gasteiger partial charge in [-0.1, -0.05) is 82.1 Å². The molecule has 0 amide bonds. The zero-order valence-electron chi connectivity index (χ0n) is 24.1. The molecule has 1 aliphatic heterocycles. The minimum atomic E-state index is -4.26. The molecule has 8 heteroatoms. The molecule has 0 saturated heterocycles. The topological polar surface area (TPSA) is 82.1 Å². The Morgan fingerprint density at radius 2 is 1.43 bits per heavy atom. The minimum Gasteiger partial charge on any atom is -0.462 e. The molecule has 0 bridgehead atoms. The van der Waals surface area contributed by atoms with Crippen molar-refractivity contribution in [2.24, 2.45) is 0 Å². The number of carbonyl (C=O) groups excluding carboxylic acids is 1. The third kappa shape index (κ3) is 21.6. The van der Waals surface area contributed by atoms with Crippen molar-refractivity contribution in [1.82, 2.24) is 0 Å². The van der Waals surface area contributed by atoms with Gasteiger partial charge in [0.25, 0.3) is 0 Å². The Bertz CT molecular complexity index is 703. The normalized spacial score (nSPS) is 26.8. The zero-order chi connectivity index (χ0) is 27.4. The zero-order valence-corrected chi connectivity index (χ0v) is 25.0. The average molecular weight is 545 g/mol. The van der Waals surface area contributed by atoms with Gasteiger partial charge in [-0.25, -0.2) is 4.57 Å². The molecule has 0 spiro atoms. The highest BCUT2D eigenvalue weighted by Gasteiger charge is 2.29. The summed E-state index contributed by atoms with van der Waals surface area (Å²) in [6.45, 7) is 2.54. The molecule has 1 rings (SSSR count). The lowest BCUT2D eigenvalue weighted by molar-refractivity contribution is -0.870. The maximum Gasteiger partial charge on any atom is 0.472 e. The summed E-state index contributed by atoms with van der Waals surface area (Å²) in [7, 11) is 1.68. The van der Waals surface area contributed by atoms with Crippen molar-refractivity contribution in [3.8, 4) is 0 Å². The van der Waals surface area contributed by atoms with E-state index in [0.29, 0.717) is 23.9 Å². The van der Waals surface area contributed by atoms with Crippen LogP contribution in [0.3, 0.4) is 0 Å². The molecular weight excluding hydrogens is 489 g/mol. The highest BCUT2D eigenvalue weighted by Crippen LogP contribution is 2.45. The van der Waals surface area contributed by atoms with Crippen molar-refractivity contribution >= 4 is 13.8 Å². The summed E-state index contributed by atoms with van der Waals surface area (Å²) in [6, 6.07) is 0. The van der Waals surface area contributed by atoms with E-state index in [1.165, 1.54) is 51.4 Å². The van der Waals surface area contributed by atoms with Crippen LogP contribution in [0.2, 0.25) is 0 Å². The number of phosphoric ester groups is 1. The van der Waals surface area contributed by atoms with Gasteiger partial charge < -0.3 is 14.1 Å². The van der Waals surface area contributed by atoms with Crippen molar-refractivity contribution in [3.63, 3.8) is 0 Å². The summed E-state index contributed by atoms with van der Waals surface area (Å²) in [5.74, 6) is -0.408. The van der Waals surface area contributed by atoms with Crippen LogP contribution in [0.4, 0.5) is 0 Å². The predicted octanol–water partition coefficient (Wildman–Crippen LogP) is 7.49. The van der Waals surface area contributed by atoms with Gasteiger partial charge in [0.05, 0.1) is 33.7 Å². The fourth-order valence-corrected chi connectivity index (χ4v) is 5.16. The minimum absolute atomic E-state index is 0.0535. The molecule has 1 heterocycles. The van der Waals surface area contributed by atoms with Crippen LogP contribution in [0.1, 0.15) is 110 Å². The molecule has 1 unspecified atom stereocenters. The molecule has 216 valence electrons. The maximum atomic E-state index is 12.6. The Morgan fingerprint density at radius 1 is 0.892 bits per heavy atom. The van der Waals surface area contributed by atoms with Crippen LogP contribution >= 0.6 is 7.82 Å². The number of esters is 1. The molecule has 7 nitrogen and oxygen atoms in total. The summed E-state index contributed by atoms with van der Waals surface area (Å²) in [5.41, 5.74) is 0. The van der Waals surface area contributed by atoms with E-state index < -0.39 is 19.9 Å². The summed E-state index contributed by atoms with van der Waals surface area (Å²) < 4.78 is 29.4. The van der Waals surface area contributed by atoms with Gasteiger partial charge in [0, 0.05) is 6.42 Å². The largest absolute Gasteiger partial charge is 0.472 e. The van der Waals surface area contributed by atoms with Gasteiger partial charge in [-0.15, -0.1) is 0 Å². The molecule has 0 aliphatic carbocycles. The van der Waals surface area contributed by atoms with Crippen molar-refractivity contribution in [1.29, 1.82) is 0 Å². The van der Waals surface area contributed by atoms with E-state index in [1.54, 1.807) is 0 Å². The van der Waals surface area contributed by atoms with Crippen LogP contribution in [0, 0.1) is 0 Å². The fraction of sp³-hybridized carbons (Fsp3) is 0.828. The number of cyclic esters (lactones) is 1. The second-order valence-corrected chi connectivity index (χ2v) is 12.8. The molecule has 1 aliphatic rings. The lowest BCUT2D eigenvalue weighted by Gasteiger charge is -2.25. The maximum absolute atomic E-state index is 12.6. The Balaban J connectivity index is 2.65. The first-order chi connectivity index (χ1) is 17.6. The first-order valence-corrected chi connectivity index (χ1v) is 16.0. The summed E-state index contributed by atoms with van der Waals surface area (Å²) in [4.78, 5) is 22.9. The standard InChI is InChI=1S/C29H54NO6P/c1-27-22-20-18-16-14-12-10-8-6-5-7-9-11-13-15-17-19-21-23-28(26-29(31)35-27)36-37(32,33)34-25-24-30(2,3)4/h10,12,18,20,27-28H,5-9,11,13-17,19,21-26H2,1-4H3/p+1/b12-10-,20-18+/t27-,28+/m1/s1. The van der Waals surface area contributed by atoms with Gasteiger partial charge in [0.1, 0.15) is 19.3 Å². The Kier molecular flexibility index (Phi) is 18.4. The molecule has 0 saturated carbocycles. The van der Waals surface area contributed by atoms with E-state index in [-0.39, 0.29) is 19.1 Å². The van der Waals surface area contributed by atoms with Crippen molar-refractivity contribution < 1.29 is 32.5 Å². The smallest absolute Gasteiger partial charge is 0.462 e. The fourth-order valence-electron chi connectivity index (χ4n) is 4.23. The third-order valence-electron chi connectivity index (χ3n) is 6.47. The van der Waals surface area contributed by atoms with Crippen molar-refractivity contribution in [2.75, 3.05) is 34.3 Å². The van der Waals surface area contributed by atoms with Gasteiger partial charge in [-0.05, 0) is 39.0 Å². The Hall–Kier alpha value is -0.980. The van der Waals surface area contributed by atoms with Crippen LogP contribution in [-0.4, -0.2) is 61.8 Å². The number of phosphoric acid groups is 1. The van der Waals surface area contributed by atoms with E-state index in [2.05, 4.69) is 24.3 Å². The van der Waals surface area contributed by atoms with Crippen LogP contribution in [-0.2, 0) is 23.1 Å². The van der Waals surface area contributed by atoms with E-state index in [0.717, 1.165) is 32.1 Å². The highest BCUT2D eigenvalue weighted by atomic mass is 31.2. The number of rotatable bonds is 6. The van der Waals surface area contributed by atoms with Gasteiger partial charge in [-0.3, -0.25) is 13.8 Å². The lowest BCUT2D eigenvalue weighted by atomic mass is 10.0. The third-order valence-corrected chi connectivity index (χ3v) is 7.55. The quantitative estimate of drug-likeness (QED) is 0.161. The molecule has 37 heavy (non-hydrogen) atoms. The van der Waals surface area contributed by atoms with E-state index in [4.69, 9.17) is 13.8 Å². The number of likely N-dealkylation sites (N-methyl/N-ethyl adjacent to an activating group) is 1. The lowest BCUT2D eigenvalue weighted by Crippen LogP contribution is -2.37. The van der Waals surface area contributed by atoms with Crippen LogP contribution in [0.5, 0.6) is 0 Å². The molecule has 0 aromatic rings. The van der Waals surface area contributed by atoms with Crippen molar-refractivity contribution in [3.05, 3.63) is 24.3 Å². The number of carbonyl (C=O) groups is 1. The molecule has 0 radical (unpaired) electrons. The molecular formula is C29H55NO6P+. The first-order valence-electron chi connectivity index (χ1n) is 14.5. The number of allylic oxidation sites excluding steroid dienone is 3. The molecule has 0 fully saturated rings. The second-order valence-electron chi connectivity index (χ2n) is 11.4. The molecule has 3 atom stereocenters. The average Bonchev–Trinajstić information content (AvgIpc) is 2.78. The van der Waals surface area contributed by atoms with Gasteiger partial charge in [0.2, 0.25) is 0 Å². The number of hydrogen-bond acceptors (Lipinski definition) is 5. The van der Waals surface area contributed by atoms with E-state index in [1.807, 2.05) is 28.1 Å². The Labute approximate surface area is 226 Å². The number of nitrogens with zero attached hydrogens (tertiary/aromatic N) is 1. The highest BCUT2D eigenvalue weighted by molar-refractivity contribution is 7.47.